The summed E-state index contributed by atoms with van der Waals surface area (Å²) in [5, 5.41) is 2.42. The number of hydrogen-bond acceptors (Lipinski definition) is 4. The Hall–Kier alpha value is -1.41. The van der Waals surface area contributed by atoms with Crippen LogP contribution in [0.1, 0.15) is 15.9 Å². The molecule has 0 aliphatic carbocycles. The topological polar surface area (TPSA) is 67.2 Å². The molecule has 1 aromatic carbocycles. The first-order valence-electron chi connectivity index (χ1n) is 5.39. The number of benzene rings is 1. The predicted octanol–water partition coefficient (Wildman–Crippen LogP) is 2.26. The fourth-order valence-corrected chi connectivity index (χ4v) is 1.84. The molecule has 4 N–H and O–H groups in total. The van der Waals surface area contributed by atoms with Crippen molar-refractivity contribution in [2.24, 2.45) is 5.84 Å². The maximum absolute atomic E-state index is 11.9. The van der Waals surface area contributed by atoms with Gasteiger partial charge in [-0.2, -0.15) is 13.2 Å². The minimum Gasteiger partial charge on any atom is -0.351 e. The van der Waals surface area contributed by atoms with Gasteiger partial charge in [-0.15, -0.1) is 0 Å². The SMILES string of the molecule is Cc1cc(C(=O)NCCSC(F)(F)F)ccc1NN. The van der Waals surface area contributed by atoms with Gasteiger partial charge in [0.05, 0.1) is 5.69 Å². The van der Waals surface area contributed by atoms with Crippen molar-refractivity contribution in [1.82, 2.24) is 5.32 Å². The van der Waals surface area contributed by atoms with Crippen LogP contribution < -0.4 is 16.6 Å². The Morgan fingerprint density at radius 1 is 1.42 bits per heavy atom. The first-order valence-corrected chi connectivity index (χ1v) is 6.38. The summed E-state index contributed by atoms with van der Waals surface area (Å²) in [6.07, 6.45) is 0. The molecule has 19 heavy (non-hydrogen) atoms. The largest absolute Gasteiger partial charge is 0.441 e. The van der Waals surface area contributed by atoms with Gasteiger partial charge < -0.3 is 10.7 Å². The van der Waals surface area contributed by atoms with Gasteiger partial charge in [0.1, 0.15) is 0 Å². The van der Waals surface area contributed by atoms with Crippen molar-refractivity contribution in [2.75, 3.05) is 17.7 Å². The standard InChI is InChI=1S/C11H14F3N3OS/c1-7-6-8(2-3-9(7)17-15)10(18)16-4-5-19-11(12,13)14/h2-3,6,17H,4-5,15H2,1H3,(H,16,18). The molecule has 8 heteroatoms. The Kier molecular flexibility index (Phi) is 5.49. The summed E-state index contributed by atoms with van der Waals surface area (Å²) in [7, 11) is 0. The van der Waals surface area contributed by atoms with E-state index in [-0.39, 0.29) is 24.1 Å². The smallest absolute Gasteiger partial charge is 0.351 e. The summed E-state index contributed by atoms with van der Waals surface area (Å²) in [5.41, 5.74) is 0.0471. The van der Waals surface area contributed by atoms with E-state index in [1.54, 1.807) is 25.1 Å². The highest BCUT2D eigenvalue weighted by Crippen LogP contribution is 2.29. The Morgan fingerprint density at radius 2 is 2.11 bits per heavy atom. The molecule has 1 rings (SSSR count). The predicted molar refractivity (Wildman–Crippen MR) is 69.8 cm³/mol. The Labute approximate surface area is 112 Å². The number of nitrogens with one attached hydrogen (secondary N) is 2. The lowest BCUT2D eigenvalue weighted by atomic mass is 10.1. The number of alkyl halides is 3. The van der Waals surface area contributed by atoms with Crippen LogP contribution in [-0.4, -0.2) is 23.7 Å². The fourth-order valence-electron chi connectivity index (χ4n) is 1.40. The van der Waals surface area contributed by atoms with Gasteiger partial charge in [0.15, 0.2) is 0 Å². The molecule has 0 aromatic heterocycles. The summed E-state index contributed by atoms with van der Waals surface area (Å²) >= 11 is -0.161. The van der Waals surface area contributed by atoms with Crippen LogP contribution in [0.4, 0.5) is 18.9 Å². The highest BCUT2D eigenvalue weighted by atomic mass is 32.2. The van der Waals surface area contributed by atoms with Crippen molar-refractivity contribution in [1.29, 1.82) is 0 Å². The molecule has 0 atom stereocenters. The number of hydrazine groups is 1. The molecule has 0 heterocycles. The van der Waals surface area contributed by atoms with Gasteiger partial charge in [-0.3, -0.25) is 10.6 Å². The number of amides is 1. The van der Waals surface area contributed by atoms with Gasteiger partial charge in [-0.05, 0) is 42.4 Å². The number of thioether (sulfide) groups is 1. The molecule has 0 aliphatic rings. The van der Waals surface area contributed by atoms with E-state index in [1.165, 1.54) is 0 Å². The molecule has 0 saturated heterocycles. The maximum atomic E-state index is 11.9. The van der Waals surface area contributed by atoms with Crippen molar-refractivity contribution in [3.63, 3.8) is 0 Å². The first-order chi connectivity index (χ1) is 8.83. The van der Waals surface area contributed by atoms with Gasteiger partial charge in [0.25, 0.3) is 5.91 Å². The molecule has 1 aromatic rings. The van der Waals surface area contributed by atoms with Crippen molar-refractivity contribution in [2.45, 2.75) is 12.4 Å². The van der Waals surface area contributed by atoms with Crippen LogP contribution in [0.25, 0.3) is 0 Å². The molecular formula is C11H14F3N3OS. The van der Waals surface area contributed by atoms with E-state index in [4.69, 9.17) is 5.84 Å². The fraction of sp³-hybridized carbons (Fsp3) is 0.364. The molecule has 0 saturated carbocycles. The van der Waals surface area contributed by atoms with Crippen molar-refractivity contribution in [3.05, 3.63) is 29.3 Å². The first kappa shape index (κ1) is 15.6. The van der Waals surface area contributed by atoms with E-state index in [1.807, 2.05) is 0 Å². The van der Waals surface area contributed by atoms with Crippen molar-refractivity contribution in [3.8, 4) is 0 Å². The molecule has 0 unspecified atom stereocenters. The number of hydrogen-bond donors (Lipinski definition) is 3. The monoisotopic (exact) mass is 293 g/mol. The van der Waals surface area contributed by atoms with Crippen LogP contribution in [0.2, 0.25) is 0 Å². The number of aryl methyl sites for hydroxylation is 1. The number of carbonyl (C=O) groups excluding carboxylic acids is 1. The Bertz CT molecular complexity index is 451. The van der Waals surface area contributed by atoms with Gasteiger partial charge in [0, 0.05) is 17.9 Å². The van der Waals surface area contributed by atoms with E-state index in [0.717, 1.165) is 5.56 Å². The normalized spacial score (nSPS) is 11.2. The van der Waals surface area contributed by atoms with Crippen LogP contribution >= 0.6 is 11.8 Å². The number of nitrogens with two attached hydrogens (primary N) is 1. The van der Waals surface area contributed by atoms with E-state index < -0.39 is 11.4 Å². The van der Waals surface area contributed by atoms with Crippen molar-refractivity contribution >= 4 is 23.4 Å². The molecule has 4 nitrogen and oxygen atoms in total. The lowest BCUT2D eigenvalue weighted by Gasteiger charge is -2.09. The van der Waals surface area contributed by atoms with Gasteiger partial charge in [-0.25, -0.2) is 0 Å². The van der Waals surface area contributed by atoms with E-state index >= 15 is 0 Å². The second-order valence-corrected chi connectivity index (χ2v) is 4.88. The number of rotatable bonds is 5. The number of anilines is 1. The zero-order valence-corrected chi connectivity index (χ0v) is 11.0. The summed E-state index contributed by atoms with van der Waals surface area (Å²) in [4.78, 5) is 11.7. The number of nitrogen functional groups attached to an aromatic ring is 1. The van der Waals surface area contributed by atoms with Crippen LogP contribution in [0.5, 0.6) is 0 Å². The summed E-state index contributed by atoms with van der Waals surface area (Å²) in [5.74, 6) is 4.64. The third-order valence-electron chi connectivity index (χ3n) is 2.30. The van der Waals surface area contributed by atoms with E-state index in [0.29, 0.717) is 11.3 Å². The highest BCUT2D eigenvalue weighted by molar-refractivity contribution is 8.00. The minimum absolute atomic E-state index is 0.0427. The second-order valence-electron chi connectivity index (χ2n) is 3.72. The Balaban J connectivity index is 2.48. The molecule has 0 aliphatic heterocycles. The number of halogens is 3. The molecular weight excluding hydrogens is 279 g/mol. The lowest BCUT2D eigenvalue weighted by molar-refractivity contribution is -0.0327. The molecule has 1 amide bonds. The van der Waals surface area contributed by atoms with Gasteiger partial charge in [-0.1, -0.05) is 0 Å². The molecule has 0 bridgehead atoms. The van der Waals surface area contributed by atoms with Crippen molar-refractivity contribution < 1.29 is 18.0 Å². The molecule has 106 valence electrons. The second kappa shape index (κ2) is 6.67. The van der Waals surface area contributed by atoms with Gasteiger partial charge in [0.2, 0.25) is 0 Å². The summed E-state index contributed by atoms with van der Waals surface area (Å²) in [6, 6.07) is 4.80. The zero-order valence-electron chi connectivity index (χ0n) is 10.2. The third-order valence-corrected chi connectivity index (χ3v) is 3.03. The van der Waals surface area contributed by atoms with E-state index in [2.05, 4.69) is 10.7 Å². The van der Waals surface area contributed by atoms with Crippen LogP contribution in [0.3, 0.4) is 0 Å². The van der Waals surface area contributed by atoms with Gasteiger partial charge >= 0.3 is 5.51 Å². The minimum atomic E-state index is -4.27. The average molecular weight is 293 g/mol. The Morgan fingerprint density at radius 3 is 2.63 bits per heavy atom. The lowest BCUT2D eigenvalue weighted by Crippen LogP contribution is -2.26. The molecule has 0 fully saturated rings. The third kappa shape index (κ3) is 5.39. The number of carbonyl (C=O) groups is 1. The highest BCUT2D eigenvalue weighted by Gasteiger charge is 2.27. The van der Waals surface area contributed by atoms with E-state index in [9.17, 15) is 18.0 Å². The van der Waals surface area contributed by atoms with Crippen LogP contribution in [0.15, 0.2) is 18.2 Å². The maximum Gasteiger partial charge on any atom is 0.441 e. The van der Waals surface area contributed by atoms with Crippen LogP contribution in [-0.2, 0) is 0 Å². The summed E-state index contributed by atoms with van der Waals surface area (Å²) < 4.78 is 35.6. The summed E-state index contributed by atoms with van der Waals surface area (Å²) in [6.45, 7) is 1.73. The van der Waals surface area contributed by atoms with Crippen LogP contribution in [0, 0.1) is 6.92 Å². The zero-order chi connectivity index (χ0) is 14.5. The molecule has 0 spiro atoms. The quantitative estimate of drug-likeness (QED) is 0.442. The molecule has 0 radical (unpaired) electrons. The average Bonchev–Trinajstić information content (AvgIpc) is 2.33.